The monoisotopic (exact) mass is 917 g/mol. The van der Waals surface area contributed by atoms with Gasteiger partial charge in [-0.2, -0.15) is 0 Å². The minimum absolute atomic E-state index is 0.0351. The summed E-state index contributed by atoms with van der Waals surface area (Å²) in [6.45, 7) is 17.4. The summed E-state index contributed by atoms with van der Waals surface area (Å²) in [5.74, 6) is 0. The van der Waals surface area contributed by atoms with E-state index in [4.69, 9.17) is 88.2 Å². The highest BCUT2D eigenvalue weighted by Crippen LogP contribution is 1.91. The van der Waals surface area contributed by atoms with Crippen LogP contribution in [0, 0.1) is 0 Å². The highest BCUT2D eigenvalue weighted by molar-refractivity contribution is 4.56. The van der Waals surface area contributed by atoms with Crippen LogP contribution in [0.15, 0.2) is 0 Å². The molecule has 22 heteroatoms. The fourth-order valence-corrected chi connectivity index (χ4v) is 4.16. The number of aliphatic hydroxyl groups is 8. The van der Waals surface area contributed by atoms with Crippen LogP contribution >= 0.6 is 0 Å². The van der Waals surface area contributed by atoms with Crippen LogP contribution in [-0.4, -0.2) is 326 Å². The number of rotatable bonds is 46. The summed E-state index contributed by atoms with van der Waals surface area (Å²) in [6.07, 6.45) is 0. The zero-order valence-corrected chi connectivity index (χ0v) is 38.9. The van der Waals surface area contributed by atoms with E-state index in [0.29, 0.717) is 139 Å². The first-order valence-corrected chi connectivity index (χ1v) is 21.6. The zero-order valence-electron chi connectivity index (χ0n) is 38.9. The number of ether oxygens (including phenoxy) is 10. The molecule has 380 valence electrons. The molecule has 22 nitrogen and oxygen atoms in total. The Bertz CT molecular complexity index is 741. The minimum Gasteiger partial charge on any atom is -0.395 e. The van der Waals surface area contributed by atoms with Gasteiger partial charge in [-0.25, -0.2) is 0 Å². The maximum absolute atomic E-state index is 8.99. The average molecular weight is 917 g/mol. The van der Waals surface area contributed by atoms with Crippen molar-refractivity contribution in [2.75, 3.05) is 266 Å². The second-order valence-electron chi connectivity index (χ2n) is 13.0. The summed E-state index contributed by atoms with van der Waals surface area (Å²) in [6, 6.07) is 0. The first-order chi connectivity index (χ1) is 30.3. The second kappa shape index (κ2) is 64.4. The first kappa shape index (κ1) is 67.7. The summed E-state index contributed by atoms with van der Waals surface area (Å²) in [5.41, 5.74) is 0. The molecule has 62 heavy (non-hydrogen) atoms. The predicted octanol–water partition coefficient (Wildman–Crippen LogP) is -4.22. The molecular weight excluding hydrogens is 824 g/mol. The van der Waals surface area contributed by atoms with Gasteiger partial charge in [0.15, 0.2) is 0 Å². The molecule has 0 saturated heterocycles. The van der Waals surface area contributed by atoms with Gasteiger partial charge in [-0.15, -0.1) is 0 Å². The number of likely N-dealkylation sites (N-methyl/N-ethyl adjacent to an activating group) is 3. The van der Waals surface area contributed by atoms with Crippen LogP contribution in [-0.2, 0) is 47.4 Å². The van der Waals surface area contributed by atoms with E-state index in [0.717, 1.165) is 45.8 Å². The van der Waals surface area contributed by atoms with Gasteiger partial charge in [0, 0.05) is 66.0 Å². The molecular formula is C40H92N4O18. The zero-order chi connectivity index (χ0) is 46.8. The molecule has 0 saturated carbocycles. The Morgan fingerprint density at radius 1 is 0.242 bits per heavy atom. The molecule has 0 heterocycles. The van der Waals surface area contributed by atoms with Crippen molar-refractivity contribution in [2.45, 2.75) is 0 Å². The Labute approximate surface area is 373 Å². The number of aliphatic hydroxyl groups excluding tert-OH is 8. The van der Waals surface area contributed by atoms with E-state index in [1.54, 1.807) is 7.11 Å². The van der Waals surface area contributed by atoms with Gasteiger partial charge < -0.3 is 103 Å². The van der Waals surface area contributed by atoms with Crippen LogP contribution in [0.2, 0.25) is 0 Å². The Balaban J connectivity index is -0.000000370. The molecule has 8 N–H and O–H groups in total. The molecule has 0 spiro atoms. The summed E-state index contributed by atoms with van der Waals surface area (Å²) < 4.78 is 51.6. The van der Waals surface area contributed by atoms with E-state index in [1.165, 1.54) is 0 Å². The normalized spacial score (nSPS) is 11.2. The van der Waals surface area contributed by atoms with Gasteiger partial charge in [0.2, 0.25) is 0 Å². The average Bonchev–Trinajstić information content (AvgIpc) is 3.27. The van der Waals surface area contributed by atoms with Crippen LogP contribution < -0.4 is 0 Å². The Hall–Kier alpha value is -0.880. The van der Waals surface area contributed by atoms with Gasteiger partial charge in [-0.05, 0) is 21.1 Å². The summed E-state index contributed by atoms with van der Waals surface area (Å²) in [4.78, 5) is 8.24. The molecule has 0 aromatic heterocycles. The molecule has 0 atom stereocenters. The van der Waals surface area contributed by atoms with Crippen molar-refractivity contribution >= 4 is 0 Å². The highest BCUT2D eigenvalue weighted by Gasteiger charge is 2.04. The smallest absolute Gasteiger partial charge is 0.0701 e. The van der Waals surface area contributed by atoms with Crippen LogP contribution in [0.5, 0.6) is 0 Å². The maximum Gasteiger partial charge on any atom is 0.0701 e. The van der Waals surface area contributed by atoms with Crippen molar-refractivity contribution < 1.29 is 88.2 Å². The van der Waals surface area contributed by atoms with Gasteiger partial charge in [-0.1, -0.05) is 0 Å². The lowest BCUT2D eigenvalue weighted by Crippen LogP contribution is -2.34. The molecule has 0 radical (unpaired) electrons. The van der Waals surface area contributed by atoms with Crippen LogP contribution in [0.25, 0.3) is 0 Å². The number of methoxy groups -OCH3 is 1. The van der Waals surface area contributed by atoms with Crippen LogP contribution in [0.4, 0.5) is 0 Å². The number of nitrogens with zero attached hydrogens (tertiary/aromatic N) is 4. The third kappa shape index (κ3) is 68.2. The molecule has 0 aliphatic carbocycles. The van der Waals surface area contributed by atoms with Crippen molar-refractivity contribution in [3.05, 3.63) is 0 Å². The van der Waals surface area contributed by atoms with Crippen molar-refractivity contribution in [2.24, 2.45) is 0 Å². The maximum atomic E-state index is 8.99. The van der Waals surface area contributed by atoms with E-state index in [9.17, 15) is 0 Å². The van der Waals surface area contributed by atoms with E-state index >= 15 is 0 Å². The second-order valence-corrected chi connectivity index (χ2v) is 13.0. The SMILES string of the molecule is CN(CCO)CCOCCO.CN(CCOCCO)CCOCCO.CN(CCOCCO)CCOCCOCCO.COCCOCCN(CCO)CCOCCOCCO. The van der Waals surface area contributed by atoms with Crippen LogP contribution in [0.1, 0.15) is 0 Å². The topological polar surface area (TPSA) is 267 Å². The standard InChI is InChI=1S/C13H29NO6.C11H25NO5.C9H21NO4.C7H17NO3/c1-17-10-11-18-7-3-14(2-5-15)4-8-19-12-13-20-9-6-16;1-12(2-6-15-8-4-13)3-7-16-10-11-17-9-5-14;1-10(2-6-13-8-4-11)3-7-14-9-5-12;1-8(2-4-9)3-6-11-7-5-10/h15-16H,2-13H2,1H3;13-14H,2-11H2,1H3;11-12H,2-9H2,1H3;9-10H,2-7H2,1H3. The van der Waals surface area contributed by atoms with Gasteiger partial charge in [0.1, 0.15) is 0 Å². The molecule has 0 amide bonds. The Kier molecular flexibility index (Phi) is 70.3. The predicted molar refractivity (Wildman–Crippen MR) is 235 cm³/mol. The van der Waals surface area contributed by atoms with Crippen LogP contribution in [0.3, 0.4) is 0 Å². The number of hydrogen-bond donors (Lipinski definition) is 8. The lowest BCUT2D eigenvalue weighted by Gasteiger charge is -2.21. The molecule has 0 aliphatic rings. The summed E-state index contributed by atoms with van der Waals surface area (Å²) in [5, 5.41) is 68.3. The van der Waals surface area contributed by atoms with Gasteiger partial charge in [-0.3, -0.25) is 4.90 Å². The number of hydrogen-bond acceptors (Lipinski definition) is 22. The highest BCUT2D eigenvalue weighted by atomic mass is 16.5. The molecule has 0 aromatic carbocycles. The van der Waals surface area contributed by atoms with E-state index < -0.39 is 0 Å². The van der Waals surface area contributed by atoms with Gasteiger partial charge >= 0.3 is 0 Å². The molecule has 0 rings (SSSR count). The van der Waals surface area contributed by atoms with E-state index in [1.807, 2.05) is 26.0 Å². The Morgan fingerprint density at radius 3 is 0.726 bits per heavy atom. The van der Waals surface area contributed by atoms with Crippen molar-refractivity contribution in [3.8, 4) is 0 Å². The van der Waals surface area contributed by atoms with E-state index in [2.05, 4.69) is 14.7 Å². The van der Waals surface area contributed by atoms with E-state index in [-0.39, 0.29) is 52.9 Å². The summed E-state index contributed by atoms with van der Waals surface area (Å²) in [7, 11) is 7.53. The molecule has 0 fully saturated rings. The fourth-order valence-electron chi connectivity index (χ4n) is 4.16. The molecule has 0 bridgehead atoms. The molecule has 0 unspecified atom stereocenters. The lowest BCUT2D eigenvalue weighted by atomic mass is 10.4. The first-order valence-electron chi connectivity index (χ1n) is 21.6. The van der Waals surface area contributed by atoms with Crippen molar-refractivity contribution in [3.63, 3.8) is 0 Å². The third-order valence-corrected chi connectivity index (χ3v) is 7.68. The Morgan fingerprint density at radius 2 is 0.468 bits per heavy atom. The van der Waals surface area contributed by atoms with Crippen molar-refractivity contribution in [1.29, 1.82) is 0 Å². The minimum atomic E-state index is 0.0351. The lowest BCUT2D eigenvalue weighted by molar-refractivity contribution is 0.0189. The quantitative estimate of drug-likeness (QED) is 0.0269. The molecule has 0 aliphatic heterocycles. The van der Waals surface area contributed by atoms with Gasteiger partial charge in [0.25, 0.3) is 0 Å². The molecule has 0 aromatic rings. The third-order valence-electron chi connectivity index (χ3n) is 7.68. The van der Waals surface area contributed by atoms with Gasteiger partial charge in [0.05, 0.1) is 178 Å². The van der Waals surface area contributed by atoms with Crippen molar-refractivity contribution in [1.82, 2.24) is 19.6 Å². The fraction of sp³-hybridized carbons (Fsp3) is 1.00. The summed E-state index contributed by atoms with van der Waals surface area (Å²) >= 11 is 0. The largest absolute Gasteiger partial charge is 0.395 e.